The number of pyridine rings is 1. The highest BCUT2D eigenvalue weighted by Gasteiger charge is 2.17. The number of carbonyl (C=O) groups excluding carboxylic acids is 1. The van der Waals surface area contributed by atoms with E-state index in [4.69, 9.17) is 0 Å². The molecular formula is C17H20N2O2. The first kappa shape index (κ1) is 15.0. The Morgan fingerprint density at radius 2 is 1.86 bits per heavy atom. The molecule has 0 atom stereocenters. The van der Waals surface area contributed by atoms with E-state index in [9.17, 15) is 9.59 Å². The maximum absolute atomic E-state index is 12.1. The standard InChI is InChI=1S/C17H20N2O2/c1-11(20)19-15-8-7-12(17(2,3)4)10-14(15)13-6-5-9-18-16(13)21/h5-10H,1-4H3,(H,18,21)(H,19,20). The molecule has 0 spiro atoms. The number of benzene rings is 1. The van der Waals surface area contributed by atoms with E-state index in [1.165, 1.54) is 6.92 Å². The number of hydrogen-bond donors (Lipinski definition) is 2. The Balaban J connectivity index is 2.67. The summed E-state index contributed by atoms with van der Waals surface area (Å²) in [7, 11) is 0. The van der Waals surface area contributed by atoms with E-state index in [1.54, 1.807) is 18.3 Å². The summed E-state index contributed by atoms with van der Waals surface area (Å²) in [5.41, 5.74) is 2.83. The van der Waals surface area contributed by atoms with Gasteiger partial charge in [-0.05, 0) is 35.2 Å². The molecule has 0 aliphatic rings. The molecule has 0 aliphatic heterocycles. The van der Waals surface area contributed by atoms with Gasteiger partial charge in [0, 0.05) is 29.9 Å². The number of rotatable bonds is 2. The van der Waals surface area contributed by atoms with Crippen LogP contribution in [0.4, 0.5) is 5.69 Å². The third-order valence-electron chi connectivity index (χ3n) is 3.30. The molecule has 1 aromatic carbocycles. The van der Waals surface area contributed by atoms with Gasteiger partial charge in [-0.2, -0.15) is 0 Å². The van der Waals surface area contributed by atoms with Crippen LogP contribution in [0.15, 0.2) is 41.3 Å². The second kappa shape index (κ2) is 5.56. The lowest BCUT2D eigenvalue weighted by atomic mass is 9.85. The van der Waals surface area contributed by atoms with Gasteiger partial charge in [0.05, 0.1) is 0 Å². The first-order valence-electron chi connectivity index (χ1n) is 6.89. The van der Waals surface area contributed by atoms with Crippen molar-refractivity contribution in [2.75, 3.05) is 5.32 Å². The van der Waals surface area contributed by atoms with Gasteiger partial charge >= 0.3 is 0 Å². The molecule has 4 nitrogen and oxygen atoms in total. The molecule has 2 N–H and O–H groups in total. The molecule has 2 rings (SSSR count). The number of carbonyl (C=O) groups is 1. The maximum atomic E-state index is 12.1. The summed E-state index contributed by atoms with van der Waals surface area (Å²) in [5, 5.41) is 2.79. The molecule has 0 unspecified atom stereocenters. The van der Waals surface area contributed by atoms with Gasteiger partial charge in [0.1, 0.15) is 0 Å². The van der Waals surface area contributed by atoms with Crippen molar-refractivity contribution < 1.29 is 4.79 Å². The highest BCUT2D eigenvalue weighted by molar-refractivity contribution is 5.94. The average Bonchev–Trinajstić information content (AvgIpc) is 2.38. The predicted octanol–water partition coefficient (Wildman–Crippen LogP) is 3.30. The molecule has 0 aliphatic carbocycles. The Hall–Kier alpha value is -2.36. The monoisotopic (exact) mass is 284 g/mol. The Bertz CT molecular complexity index is 724. The third kappa shape index (κ3) is 3.40. The van der Waals surface area contributed by atoms with Crippen LogP contribution in [0.2, 0.25) is 0 Å². The molecule has 0 bridgehead atoms. The Labute approximate surface area is 124 Å². The average molecular weight is 284 g/mol. The minimum atomic E-state index is -0.171. The molecule has 21 heavy (non-hydrogen) atoms. The molecule has 1 aromatic heterocycles. The summed E-state index contributed by atoms with van der Waals surface area (Å²) in [6.45, 7) is 7.79. The molecule has 0 radical (unpaired) electrons. The van der Waals surface area contributed by atoms with Crippen molar-refractivity contribution in [1.29, 1.82) is 0 Å². The highest BCUT2D eigenvalue weighted by atomic mass is 16.1. The number of amides is 1. The highest BCUT2D eigenvalue weighted by Crippen LogP contribution is 2.31. The largest absolute Gasteiger partial charge is 0.329 e. The van der Waals surface area contributed by atoms with Crippen molar-refractivity contribution in [1.82, 2.24) is 4.98 Å². The molecule has 0 saturated heterocycles. The van der Waals surface area contributed by atoms with E-state index < -0.39 is 0 Å². The predicted molar refractivity (Wildman–Crippen MR) is 85.5 cm³/mol. The quantitative estimate of drug-likeness (QED) is 0.888. The van der Waals surface area contributed by atoms with Crippen LogP contribution < -0.4 is 10.9 Å². The molecule has 4 heteroatoms. The summed E-state index contributed by atoms with van der Waals surface area (Å²) in [6, 6.07) is 9.33. The Kier molecular flexibility index (Phi) is 3.98. The van der Waals surface area contributed by atoms with Gasteiger partial charge < -0.3 is 10.3 Å². The molecule has 110 valence electrons. The second-order valence-electron chi connectivity index (χ2n) is 6.10. The lowest BCUT2D eigenvalue weighted by Gasteiger charge is -2.21. The normalized spacial score (nSPS) is 11.2. The van der Waals surface area contributed by atoms with Crippen LogP contribution in [0, 0.1) is 0 Å². The summed E-state index contributed by atoms with van der Waals surface area (Å²) in [6.07, 6.45) is 1.59. The Morgan fingerprint density at radius 3 is 2.43 bits per heavy atom. The van der Waals surface area contributed by atoms with Crippen molar-refractivity contribution in [3.63, 3.8) is 0 Å². The van der Waals surface area contributed by atoms with E-state index in [2.05, 4.69) is 31.1 Å². The lowest BCUT2D eigenvalue weighted by Crippen LogP contribution is -2.15. The molecule has 0 saturated carbocycles. The van der Waals surface area contributed by atoms with Crippen LogP contribution in [0.5, 0.6) is 0 Å². The molecular weight excluding hydrogens is 264 g/mol. The van der Waals surface area contributed by atoms with Crippen LogP contribution in [0.1, 0.15) is 33.3 Å². The van der Waals surface area contributed by atoms with Crippen molar-refractivity contribution >= 4 is 11.6 Å². The third-order valence-corrected chi connectivity index (χ3v) is 3.30. The van der Waals surface area contributed by atoms with E-state index in [1.807, 2.05) is 18.2 Å². The number of aromatic amines is 1. The van der Waals surface area contributed by atoms with Crippen LogP contribution in [-0.4, -0.2) is 10.9 Å². The topological polar surface area (TPSA) is 62.0 Å². The first-order valence-corrected chi connectivity index (χ1v) is 6.89. The van der Waals surface area contributed by atoms with Gasteiger partial charge in [-0.3, -0.25) is 9.59 Å². The lowest BCUT2D eigenvalue weighted by molar-refractivity contribution is -0.114. The first-order chi connectivity index (χ1) is 9.79. The SMILES string of the molecule is CC(=O)Nc1ccc(C(C)(C)C)cc1-c1ccc[nH]c1=O. The second-order valence-corrected chi connectivity index (χ2v) is 6.10. The number of H-pyrrole nitrogens is 1. The van der Waals surface area contributed by atoms with Crippen molar-refractivity contribution in [3.05, 3.63) is 52.4 Å². The zero-order chi connectivity index (χ0) is 15.6. The summed E-state index contributed by atoms with van der Waals surface area (Å²) >= 11 is 0. The number of aromatic nitrogens is 1. The summed E-state index contributed by atoms with van der Waals surface area (Å²) in [4.78, 5) is 26.1. The van der Waals surface area contributed by atoms with E-state index in [0.29, 0.717) is 11.3 Å². The van der Waals surface area contributed by atoms with Crippen LogP contribution in [0.3, 0.4) is 0 Å². The zero-order valence-corrected chi connectivity index (χ0v) is 12.8. The fraction of sp³-hybridized carbons (Fsp3) is 0.294. The maximum Gasteiger partial charge on any atom is 0.255 e. The molecule has 1 amide bonds. The van der Waals surface area contributed by atoms with Crippen molar-refractivity contribution in [3.8, 4) is 11.1 Å². The zero-order valence-electron chi connectivity index (χ0n) is 12.8. The minimum absolute atomic E-state index is 0.0367. The molecule has 2 aromatic rings. The van der Waals surface area contributed by atoms with Gasteiger partial charge in [0.25, 0.3) is 5.56 Å². The van der Waals surface area contributed by atoms with Gasteiger partial charge in [0.2, 0.25) is 5.91 Å². The van der Waals surface area contributed by atoms with Gasteiger partial charge in [-0.15, -0.1) is 0 Å². The summed E-state index contributed by atoms with van der Waals surface area (Å²) in [5.74, 6) is -0.160. The van der Waals surface area contributed by atoms with Crippen molar-refractivity contribution in [2.45, 2.75) is 33.1 Å². The smallest absolute Gasteiger partial charge is 0.255 e. The summed E-state index contributed by atoms with van der Waals surface area (Å²) < 4.78 is 0. The number of anilines is 1. The number of hydrogen-bond acceptors (Lipinski definition) is 2. The Morgan fingerprint density at radius 1 is 1.14 bits per heavy atom. The van der Waals surface area contributed by atoms with Gasteiger partial charge in [0.15, 0.2) is 0 Å². The van der Waals surface area contributed by atoms with E-state index >= 15 is 0 Å². The van der Waals surface area contributed by atoms with Gasteiger partial charge in [-0.25, -0.2) is 0 Å². The van der Waals surface area contributed by atoms with Crippen molar-refractivity contribution in [2.24, 2.45) is 0 Å². The fourth-order valence-corrected chi connectivity index (χ4v) is 2.17. The van der Waals surface area contributed by atoms with E-state index in [0.717, 1.165) is 11.1 Å². The minimum Gasteiger partial charge on any atom is -0.329 e. The molecule has 0 fully saturated rings. The van der Waals surface area contributed by atoms with Gasteiger partial charge in [-0.1, -0.05) is 26.8 Å². The molecule has 1 heterocycles. The van der Waals surface area contributed by atoms with Crippen LogP contribution >= 0.6 is 0 Å². The van der Waals surface area contributed by atoms with Crippen LogP contribution in [-0.2, 0) is 10.2 Å². The fourth-order valence-electron chi connectivity index (χ4n) is 2.17. The van der Waals surface area contributed by atoms with Crippen LogP contribution in [0.25, 0.3) is 11.1 Å². The van der Waals surface area contributed by atoms with E-state index in [-0.39, 0.29) is 16.9 Å². The number of nitrogens with one attached hydrogen (secondary N) is 2.